The van der Waals surface area contributed by atoms with Gasteiger partial charge in [0.15, 0.2) is 0 Å². The maximum absolute atomic E-state index is 13.8. The maximum atomic E-state index is 13.8. The first-order chi connectivity index (χ1) is 14.5. The van der Waals surface area contributed by atoms with Crippen molar-refractivity contribution >= 4 is 17.8 Å². The molecule has 0 aromatic carbocycles. The number of nitrogens with zero attached hydrogens (tertiary/aromatic N) is 3. The lowest BCUT2D eigenvalue weighted by atomic mass is 9.88. The van der Waals surface area contributed by atoms with Gasteiger partial charge in [-0.15, -0.1) is 0 Å². The molecular weight excluding hydrogens is 401 g/mol. The zero-order valence-corrected chi connectivity index (χ0v) is 19.2. The maximum Gasteiger partial charge on any atom is 0.407 e. The van der Waals surface area contributed by atoms with Crippen LogP contribution in [0.15, 0.2) is 12.3 Å². The molecule has 2 rings (SSSR count). The highest BCUT2D eigenvalue weighted by Crippen LogP contribution is 2.29. The van der Waals surface area contributed by atoms with Crippen LogP contribution in [0.25, 0.3) is 0 Å². The van der Waals surface area contributed by atoms with Gasteiger partial charge in [0.2, 0.25) is 0 Å². The molecule has 0 aliphatic heterocycles. The highest BCUT2D eigenvalue weighted by Gasteiger charge is 2.36. The second-order valence-electron chi connectivity index (χ2n) is 9.44. The van der Waals surface area contributed by atoms with Gasteiger partial charge < -0.3 is 25.5 Å². The molecule has 174 valence electrons. The summed E-state index contributed by atoms with van der Waals surface area (Å²) in [5.74, 6) is -0.553. The number of nitrogens with one attached hydrogen (secondary N) is 2. The minimum atomic E-state index is -0.921. The summed E-state index contributed by atoms with van der Waals surface area (Å²) in [4.78, 5) is 32.2. The molecule has 31 heavy (non-hydrogen) atoms. The lowest BCUT2D eigenvalue weighted by molar-refractivity contribution is 0.0520. The molecule has 2 amide bonds. The first-order valence-electron chi connectivity index (χ1n) is 10.9. The number of carbonyl (C=O) groups excluding carboxylic acids is 1. The van der Waals surface area contributed by atoms with E-state index in [9.17, 15) is 19.1 Å². The van der Waals surface area contributed by atoms with Crippen molar-refractivity contribution in [1.82, 2.24) is 20.1 Å². The Labute approximate surface area is 184 Å². The highest BCUT2D eigenvalue weighted by molar-refractivity contribution is 5.98. The van der Waals surface area contributed by atoms with Crippen molar-refractivity contribution in [3.63, 3.8) is 0 Å². The summed E-state index contributed by atoms with van der Waals surface area (Å²) < 4.78 is 13.8. The number of halogens is 1. The van der Waals surface area contributed by atoms with Crippen LogP contribution >= 0.6 is 0 Å². The summed E-state index contributed by atoms with van der Waals surface area (Å²) in [5.41, 5.74) is -0.290. The van der Waals surface area contributed by atoms with Gasteiger partial charge in [0.25, 0.3) is 5.91 Å². The van der Waals surface area contributed by atoms with Crippen LogP contribution in [0.5, 0.6) is 0 Å². The Balaban J connectivity index is 1.97. The lowest BCUT2D eigenvalue weighted by Gasteiger charge is -2.42. The third kappa shape index (κ3) is 7.34. The predicted molar refractivity (Wildman–Crippen MR) is 119 cm³/mol. The number of rotatable bonds is 8. The Kier molecular flexibility index (Phi) is 8.61. The molecule has 3 N–H and O–H groups in total. The van der Waals surface area contributed by atoms with E-state index in [1.54, 1.807) is 0 Å². The zero-order valence-electron chi connectivity index (χ0n) is 19.2. The number of amides is 2. The molecule has 1 aliphatic rings. The first-order valence-corrected chi connectivity index (χ1v) is 10.9. The van der Waals surface area contributed by atoms with Gasteiger partial charge in [-0.3, -0.25) is 4.79 Å². The number of pyridine rings is 1. The Morgan fingerprint density at radius 3 is 2.42 bits per heavy atom. The molecule has 1 heterocycles. The standard InChI is InChI=1S/C22H36FN5O3/c1-22(2,3)28(21(30)31)17-9-7-16(8-10-17)26-20(29)18-13-15(23)14-25-19(18)24-11-6-12-27(4)5/h13-14,16-17H,6-12H2,1-5H3,(H,24,25)(H,26,29)(H,30,31). The van der Waals surface area contributed by atoms with E-state index in [1.807, 2.05) is 34.9 Å². The van der Waals surface area contributed by atoms with Crippen LogP contribution in [0.1, 0.15) is 63.2 Å². The summed E-state index contributed by atoms with van der Waals surface area (Å²) in [6.07, 6.45) is 3.73. The molecule has 0 unspecified atom stereocenters. The van der Waals surface area contributed by atoms with Crippen molar-refractivity contribution in [1.29, 1.82) is 0 Å². The van der Waals surface area contributed by atoms with Gasteiger partial charge in [0, 0.05) is 24.2 Å². The number of carbonyl (C=O) groups is 2. The molecule has 1 aliphatic carbocycles. The fraction of sp³-hybridized carbons (Fsp3) is 0.682. The van der Waals surface area contributed by atoms with Crippen molar-refractivity contribution in [3.05, 3.63) is 23.6 Å². The van der Waals surface area contributed by atoms with Crippen LogP contribution < -0.4 is 10.6 Å². The lowest BCUT2D eigenvalue weighted by Crippen LogP contribution is -2.53. The van der Waals surface area contributed by atoms with E-state index in [-0.39, 0.29) is 23.6 Å². The summed E-state index contributed by atoms with van der Waals surface area (Å²) in [7, 11) is 3.97. The van der Waals surface area contributed by atoms with Crippen LogP contribution in [-0.4, -0.2) is 76.7 Å². The predicted octanol–water partition coefficient (Wildman–Crippen LogP) is 3.40. The van der Waals surface area contributed by atoms with Crippen molar-refractivity contribution in [2.24, 2.45) is 0 Å². The molecule has 1 fully saturated rings. The molecule has 0 radical (unpaired) electrons. The number of hydrogen-bond donors (Lipinski definition) is 3. The van der Waals surface area contributed by atoms with Gasteiger partial charge in [0.1, 0.15) is 11.6 Å². The number of carboxylic acid groups (broad SMARTS) is 1. The van der Waals surface area contributed by atoms with Crippen LogP contribution in [-0.2, 0) is 0 Å². The summed E-state index contributed by atoms with van der Waals surface area (Å²) in [6.45, 7) is 7.18. The second kappa shape index (κ2) is 10.7. The smallest absolute Gasteiger partial charge is 0.407 e. The average molecular weight is 438 g/mol. The summed E-state index contributed by atoms with van der Waals surface area (Å²) >= 11 is 0. The fourth-order valence-electron chi connectivity index (χ4n) is 4.09. The highest BCUT2D eigenvalue weighted by atomic mass is 19.1. The third-order valence-electron chi connectivity index (χ3n) is 5.50. The molecule has 0 spiro atoms. The number of aromatic nitrogens is 1. The topological polar surface area (TPSA) is 97.8 Å². The molecular formula is C22H36FN5O3. The Bertz CT molecular complexity index is 758. The van der Waals surface area contributed by atoms with Crippen molar-refractivity contribution in [2.45, 2.75) is 70.5 Å². The Morgan fingerprint density at radius 2 is 1.87 bits per heavy atom. The molecule has 1 aromatic heterocycles. The van der Waals surface area contributed by atoms with Gasteiger partial charge >= 0.3 is 6.09 Å². The summed E-state index contributed by atoms with van der Waals surface area (Å²) in [5, 5.41) is 15.7. The van der Waals surface area contributed by atoms with E-state index >= 15 is 0 Å². The van der Waals surface area contributed by atoms with Crippen LogP contribution in [0.2, 0.25) is 0 Å². The third-order valence-corrected chi connectivity index (χ3v) is 5.50. The van der Waals surface area contributed by atoms with E-state index in [4.69, 9.17) is 0 Å². The second-order valence-corrected chi connectivity index (χ2v) is 9.44. The first kappa shape index (κ1) is 24.8. The van der Waals surface area contributed by atoms with Gasteiger partial charge in [0.05, 0.1) is 11.8 Å². The minimum Gasteiger partial charge on any atom is -0.465 e. The van der Waals surface area contributed by atoms with E-state index in [1.165, 1.54) is 11.0 Å². The van der Waals surface area contributed by atoms with Gasteiger partial charge in [-0.2, -0.15) is 0 Å². The Hall–Kier alpha value is -2.42. The summed E-state index contributed by atoms with van der Waals surface area (Å²) in [6, 6.07) is 1.05. The van der Waals surface area contributed by atoms with Gasteiger partial charge in [-0.05, 0) is 79.6 Å². The molecule has 1 aromatic rings. The molecule has 0 atom stereocenters. The van der Waals surface area contributed by atoms with Crippen molar-refractivity contribution in [3.8, 4) is 0 Å². The van der Waals surface area contributed by atoms with Gasteiger partial charge in [-0.1, -0.05) is 0 Å². The van der Waals surface area contributed by atoms with E-state index in [0.717, 1.165) is 19.2 Å². The quantitative estimate of drug-likeness (QED) is 0.539. The van der Waals surface area contributed by atoms with E-state index < -0.39 is 17.4 Å². The monoisotopic (exact) mass is 437 g/mol. The largest absolute Gasteiger partial charge is 0.465 e. The van der Waals surface area contributed by atoms with Crippen molar-refractivity contribution < 1.29 is 19.1 Å². The Morgan fingerprint density at radius 1 is 1.23 bits per heavy atom. The van der Waals surface area contributed by atoms with E-state index in [2.05, 4.69) is 20.5 Å². The normalized spacial score (nSPS) is 19.2. The van der Waals surface area contributed by atoms with Crippen LogP contribution in [0.3, 0.4) is 0 Å². The number of hydrogen-bond acceptors (Lipinski definition) is 5. The van der Waals surface area contributed by atoms with Crippen molar-refractivity contribution in [2.75, 3.05) is 32.5 Å². The fourth-order valence-corrected chi connectivity index (χ4v) is 4.09. The molecule has 8 nitrogen and oxygen atoms in total. The zero-order chi connectivity index (χ0) is 23.2. The van der Waals surface area contributed by atoms with Crippen LogP contribution in [0, 0.1) is 5.82 Å². The molecule has 9 heteroatoms. The van der Waals surface area contributed by atoms with Crippen LogP contribution in [0.4, 0.5) is 15.0 Å². The average Bonchev–Trinajstić information content (AvgIpc) is 2.66. The number of anilines is 1. The van der Waals surface area contributed by atoms with E-state index in [0.29, 0.717) is 38.0 Å². The minimum absolute atomic E-state index is 0.0737. The molecule has 0 saturated heterocycles. The molecule has 1 saturated carbocycles. The van der Waals surface area contributed by atoms with Gasteiger partial charge in [-0.25, -0.2) is 14.2 Å². The SMILES string of the molecule is CN(C)CCCNc1ncc(F)cc1C(=O)NC1CCC(N(C(=O)O)C(C)(C)C)CC1. The molecule has 0 bridgehead atoms.